The lowest BCUT2D eigenvalue weighted by molar-refractivity contribution is 0.145. The van der Waals surface area contributed by atoms with Crippen LogP contribution in [0.2, 0.25) is 0 Å². The molecular formula is C18H26N2O. The largest absolute Gasteiger partial charge is 0.492 e. The highest BCUT2D eigenvalue weighted by atomic mass is 16.5. The van der Waals surface area contributed by atoms with Gasteiger partial charge >= 0.3 is 0 Å². The van der Waals surface area contributed by atoms with Gasteiger partial charge < -0.3 is 10.5 Å². The molecule has 0 amide bonds. The van der Waals surface area contributed by atoms with E-state index in [2.05, 4.69) is 23.7 Å². The van der Waals surface area contributed by atoms with Crippen LogP contribution in [0.1, 0.15) is 31.7 Å². The minimum absolute atomic E-state index is 0.388. The van der Waals surface area contributed by atoms with E-state index >= 15 is 0 Å². The van der Waals surface area contributed by atoms with Crippen molar-refractivity contribution < 1.29 is 4.74 Å². The lowest BCUT2D eigenvalue weighted by Gasteiger charge is -2.32. The van der Waals surface area contributed by atoms with Crippen molar-refractivity contribution in [3.8, 4) is 17.6 Å². The number of piperidine rings is 1. The van der Waals surface area contributed by atoms with Crippen LogP contribution < -0.4 is 10.5 Å². The van der Waals surface area contributed by atoms with Gasteiger partial charge in [-0.05, 0) is 43.5 Å². The summed E-state index contributed by atoms with van der Waals surface area (Å²) in [5.41, 5.74) is 6.35. The van der Waals surface area contributed by atoms with Gasteiger partial charge in [-0.3, -0.25) is 4.90 Å². The van der Waals surface area contributed by atoms with E-state index in [0.29, 0.717) is 6.54 Å². The molecule has 1 aromatic carbocycles. The molecule has 1 aromatic rings. The van der Waals surface area contributed by atoms with E-state index in [0.717, 1.165) is 30.4 Å². The van der Waals surface area contributed by atoms with Gasteiger partial charge in [-0.2, -0.15) is 0 Å². The van der Waals surface area contributed by atoms with Gasteiger partial charge in [-0.1, -0.05) is 31.3 Å². The molecule has 114 valence electrons. The average molecular weight is 286 g/mol. The lowest BCUT2D eigenvalue weighted by atomic mass is 9.96. The SMILES string of the molecule is CCC1CCCN(CCOc2cccc(C#CCN)c2)C1. The monoisotopic (exact) mass is 286 g/mol. The van der Waals surface area contributed by atoms with Crippen molar-refractivity contribution in [3.63, 3.8) is 0 Å². The van der Waals surface area contributed by atoms with Crippen molar-refractivity contribution in [2.75, 3.05) is 32.8 Å². The zero-order chi connectivity index (χ0) is 14.9. The number of nitrogens with two attached hydrogens (primary N) is 1. The van der Waals surface area contributed by atoms with Gasteiger partial charge in [-0.25, -0.2) is 0 Å². The molecule has 1 heterocycles. The highest BCUT2D eigenvalue weighted by Crippen LogP contribution is 2.19. The Morgan fingerprint density at radius 3 is 3.14 bits per heavy atom. The van der Waals surface area contributed by atoms with Gasteiger partial charge in [0.2, 0.25) is 0 Å². The predicted octanol–water partition coefficient (Wildman–Crippen LogP) is 2.50. The van der Waals surface area contributed by atoms with Gasteiger partial charge in [0.05, 0.1) is 6.54 Å². The number of rotatable bonds is 5. The van der Waals surface area contributed by atoms with Gasteiger partial charge in [0.1, 0.15) is 12.4 Å². The molecule has 21 heavy (non-hydrogen) atoms. The molecule has 0 saturated carbocycles. The number of likely N-dealkylation sites (tertiary alicyclic amines) is 1. The molecular weight excluding hydrogens is 260 g/mol. The minimum atomic E-state index is 0.388. The van der Waals surface area contributed by atoms with E-state index in [9.17, 15) is 0 Å². The predicted molar refractivity (Wildman–Crippen MR) is 87.3 cm³/mol. The fourth-order valence-electron chi connectivity index (χ4n) is 2.80. The maximum absolute atomic E-state index is 5.86. The molecule has 0 spiro atoms. The maximum atomic E-state index is 5.86. The molecule has 1 unspecified atom stereocenters. The Morgan fingerprint density at radius 2 is 2.33 bits per heavy atom. The molecule has 0 radical (unpaired) electrons. The first kappa shape index (κ1) is 15.9. The summed E-state index contributed by atoms with van der Waals surface area (Å²) in [6, 6.07) is 7.92. The Kier molecular flexibility index (Phi) is 6.59. The molecule has 2 N–H and O–H groups in total. The van der Waals surface area contributed by atoms with Crippen LogP contribution >= 0.6 is 0 Å². The Labute approximate surface area is 128 Å². The Bertz CT molecular complexity index is 489. The molecule has 1 aliphatic heterocycles. The van der Waals surface area contributed by atoms with Crippen LogP contribution in [0.15, 0.2) is 24.3 Å². The summed E-state index contributed by atoms with van der Waals surface area (Å²) < 4.78 is 5.86. The summed E-state index contributed by atoms with van der Waals surface area (Å²) in [6.07, 6.45) is 4.00. The molecule has 2 rings (SSSR count). The summed E-state index contributed by atoms with van der Waals surface area (Å²) in [4.78, 5) is 2.52. The summed E-state index contributed by atoms with van der Waals surface area (Å²) in [6.45, 7) is 6.86. The van der Waals surface area contributed by atoms with Crippen molar-refractivity contribution in [2.24, 2.45) is 11.7 Å². The third kappa shape index (κ3) is 5.41. The van der Waals surface area contributed by atoms with Crippen LogP contribution in [0.3, 0.4) is 0 Å². The molecule has 3 nitrogen and oxygen atoms in total. The maximum Gasteiger partial charge on any atom is 0.120 e. The first-order chi connectivity index (χ1) is 10.3. The summed E-state index contributed by atoms with van der Waals surface area (Å²) in [5, 5.41) is 0. The van der Waals surface area contributed by atoms with Crippen LogP contribution in [0.5, 0.6) is 5.75 Å². The molecule has 1 saturated heterocycles. The average Bonchev–Trinajstić information content (AvgIpc) is 2.53. The van der Waals surface area contributed by atoms with Crippen molar-refractivity contribution in [2.45, 2.75) is 26.2 Å². The van der Waals surface area contributed by atoms with E-state index in [1.54, 1.807) is 0 Å². The highest BCUT2D eigenvalue weighted by molar-refractivity contribution is 5.39. The van der Waals surface area contributed by atoms with E-state index in [-0.39, 0.29) is 0 Å². The molecule has 0 aromatic heterocycles. The quantitative estimate of drug-likeness (QED) is 0.845. The molecule has 1 fully saturated rings. The topological polar surface area (TPSA) is 38.5 Å². The van der Waals surface area contributed by atoms with Gasteiger partial charge in [0.15, 0.2) is 0 Å². The first-order valence-corrected chi connectivity index (χ1v) is 7.96. The number of hydrogen-bond acceptors (Lipinski definition) is 3. The summed E-state index contributed by atoms with van der Waals surface area (Å²) >= 11 is 0. The van der Waals surface area contributed by atoms with Crippen molar-refractivity contribution in [1.29, 1.82) is 0 Å². The zero-order valence-electron chi connectivity index (χ0n) is 13.0. The van der Waals surface area contributed by atoms with Crippen LogP contribution in [0, 0.1) is 17.8 Å². The molecule has 0 bridgehead atoms. The molecule has 1 atom stereocenters. The smallest absolute Gasteiger partial charge is 0.120 e. The molecule has 1 aliphatic rings. The van der Waals surface area contributed by atoms with Gasteiger partial charge in [0.25, 0.3) is 0 Å². The highest BCUT2D eigenvalue weighted by Gasteiger charge is 2.17. The van der Waals surface area contributed by atoms with Crippen LogP contribution in [0.4, 0.5) is 0 Å². The summed E-state index contributed by atoms with van der Waals surface area (Å²) in [7, 11) is 0. The fourth-order valence-corrected chi connectivity index (χ4v) is 2.80. The van der Waals surface area contributed by atoms with E-state index < -0.39 is 0 Å². The van der Waals surface area contributed by atoms with Gasteiger partial charge in [0, 0.05) is 18.7 Å². The second kappa shape index (κ2) is 8.71. The van der Waals surface area contributed by atoms with Gasteiger partial charge in [-0.15, -0.1) is 0 Å². The first-order valence-electron chi connectivity index (χ1n) is 7.96. The minimum Gasteiger partial charge on any atom is -0.492 e. The Balaban J connectivity index is 1.78. The standard InChI is InChI=1S/C18H26N2O/c1-2-16-8-5-11-20(15-16)12-13-21-18-9-3-6-17(14-18)7-4-10-19/h3,6,9,14,16H,2,5,8,10-13,15,19H2,1H3. The van der Waals surface area contributed by atoms with Crippen LogP contribution in [0.25, 0.3) is 0 Å². The van der Waals surface area contributed by atoms with Crippen molar-refractivity contribution in [1.82, 2.24) is 4.90 Å². The number of benzene rings is 1. The second-order valence-corrected chi connectivity index (χ2v) is 5.60. The fraction of sp³-hybridized carbons (Fsp3) is 0.556. The van der Waals surface area contributed by atoms with E-state index in [1.165, 1.54) is 32.4 Å². The Morgan fingerprint density at radius 1 is 1.43 bits per heavy atom. The van der Waals surface area contributed by atoms with Crippen LogP contribution in [-0.4, -0.2) is 37.7 Å². The van der Waals surface area contributed by atoms with Crippen molar-refractivity contribution in [3.05, 3.63) is 29.8 Å². The Hall–Kier alpha value is -1.50. The number of nitrogens with zero attached hydrogens (tertiary/aromatic N) is 1. The van der Waals surface area contributed by atoms with E-state index in [1.807, 2.05) is 24.3 Å². The zero-order valence-corrected chi connectivity index (χ0v) is 13.0. The lowest BCUT2D eigenvalue weighted by Crippen LogP contribution is -2.37. The third-order valence-corrected chi connectivity index (χ3v) is 4.03. The number of hydrogen-bond donors (Lipinski definition) is 1. The normalized spacial score (nSPS) is 18.9. The molecule has 3 heteroatoms. The number of ether oxygens (including phenoxy) is 1. The molecule has 0 aliphatic carbocycles. The van der Waals surface area contributed by atoms with Crippen molar-refractivity contribution >= 4 is 0 Å². The van der Waals surface area contributed by atoms with Crippen LogP contribution in [-0.2, 0) is 0 Å². The van der Waals surface area contributed by atoms with E-state index in [4.69, 9.17) is 10.5 Å². The second-order valence-electron chi connectivity index (χ2n) is 5.60. The summed E-state index contributed by atoms with van der Waals surface area (Å²) in [5.74, 6) is 7.66. The third-order valence-electron chi connectivity index (χ3n) is 4.03.